The molecule has 3 rings (SSSR count). The maximum absolute atomic E-state index is 12.1. The van der Waals surface area contributed by atoms with E-state index in [0.29, 0.717) is 18.0 Å². The normalized spacial score (nSPS) is 11.4. The molecule has 0 saturated carbocycles. The highest BCUT2D eigenvalue weighted by atomic mass is 16.3. The van der Waals surface area contributed by atoms with Gasteiger partial charge in [-0.3, -0.25) is 9.59 Å². The number of benzene rings is 2. The molecule has 2 amide bonds. The van der Waals surface area contributed by atoms with E-state index in [0.717, 1.165) is 10.9 Å². The van der Waals surface area contributed by atoms with Crippen molar-refractivity contribution in [1.82, 2.24) is 9.88 Å². The van der Waals surface area contributed by atoms with Crippen molar-refractivity contribution in [2.24, 2.45) is 16.1 Å². The summed E-state index contributed by atoms with van der Waals surface area (Å²) in [6.45, 7) is 4.90. The number of carbonyl (C=O) groups is 2. The molecule has 1 aromatic heterocycles. The molecule has 0 saturated heterocycles. The van der Waals surface area contributed by atoms with Crippen molar-refractivity contribution >= 4 is 28.4 Å². The first-order valence-electron chi connectivity index (χ1n) is 9.55. The average molecular weight is 392 g/mol. The Balaban J connectivity index is 1.66. The molecule has 2 N–H and O–H groups in total. The van der Waals surface area contributed by atoms with Crippen LogP contribution in [0, 0.1) is 5.92 Å². The summed E-state index contributed by atoms with van der Waals surface area (Å²) in [7, 11) is 0. The van der Waals surface area contributed by atoms with Crippen LogP contribution >= 0.6 is 0 Å². The molecule has 1 heterocycles. The summed E-state index contributed by atoms with van der Waals surface area (Å²) < 4.78 is 1.78. The SMILES string of the molecule is CC(C)Cn1c(O)c(N=NC(=O)CCNC(=O)c2ccccc2)c2ccccc21. The zero-order chi connectivity index (χ0) is 20.8. The van der Waals surface area contributed by atoms with E-state index in [1.807, 2.05) is 30.3 Å². The maximum Gasteiger partial charge on any atom is 0.266 e. The van der Waals surface area contributed by atoms with Gasteiger partial charge in [-0.25, -0.2) is 0 Å². The number of aromatic nitrogens is 1. The molecular formula is C22H24N4O3. The first kappa shape index (κ1) is 20.3. The quantitative estimate of drug-likeness (QED) is 0.582. The minimum absolute atomic E-state index is 0.00571. The Morgan fingerprint density at radius 3 is 2.48 bits per heavy atom. The zero-order valence-corrected chi connectivity index (χ0v) is 16.5. The van der Waals surface area contributed by atoms with Gasteiger partial charge >= 0.3 is 0 Å². The third-order valence-electron chi connectivity index (χ3n) is 4.39. The molecule has 0 atom stereocenters. The summed E-state index contributed by atoms with van der Waals surface area (Å²) in [4.78, 5) is 24.0. The van der Waals surface area contributed by atoms with Crippen LogP contribution in [0.2, 0.25) is 0 Å². The molecule has 0 aliphatic heterocycles. The number of nitrogens with one attached hydrogen (secondary N) is 1. The summed E-state index contributed by atoms with van der Waals surface area (Å²) in [5.41, 5.74) is 1.66. The van der Waals surface area contributed by atoms with Gasteiger partial charge in [-0.1, -0.05) is 50.2 Å². The third-order valence-corrected chi connectivity index (χ3v) is 4.39. The van der Waals surface area contributed by atoms with Crippen molar-refractivity contribution < 1.29 is 14.7 Å². The predicted molar refractivity (Wildman–Crippen MR) is 111 cm³/mol. The van der Waals surface area contributed by atoms with Gasteiger partial charge in [0.15, 0.2) is 5.69 Å². The Hall–Kier alpha value is -3.48. The standard InChI is InChI=1S/C22H24N4O3/c1-15(2)14-26-18-11-7-6-10-17(18)20(22(26)29)25-24-19(27)12-13-23-21(28)16-8-4-3-5-9-16/h3-11,15,29H,12-14H2,1-2H3,(H,23,28). The highest BCUT2D eigenvalue weighted by Gasteiger charge is 2.17. The molecule has 29 heavy (non-hydrogen) atoms. The van der Waals surface area contributed by atoms with Gasteiger partial charge in [0, 0.05) is 30.5 Å². The maximum atomic E-state index is 12.1. The second-order valence-electron chi connectivity index (χ2n) is 7.16. The summed E-state index contributed by atoms with van der Waals surface area (Å²) in [5, 5.41) is 21.7. The molecule has 0 aliphatic rings. The van der Waals surface area contributed by atoms with E-state index in [4.69, 9.17) is 0 Å². The highest BCUT2D eigenvalue weighted by Crippen LogP contribution is 2.39. The Bertz CT molecular complexity index is 1040. The van der Waals surface area contributed by atoms with Gasteiger partial charge in [0.1, 0.15) is 0 Å². The van der Waals surface area contributed by atoms with Crippen molar-refractivity contribution in [3.8, 4) is 5.88 Å². The Kier molecular flexibility index (Phi) is 6.39. The molecule has 3 aromatic rings. The van der Waals surface area contributed by atoms with Crippen LogP contribution in [-0.4, -0.2) is 28.0 Å². The van der Waals surface area contributed by atoms with Crippen LogP contribution in [-0.2, 0) is 11.3 Å². The van der Waals surface area contributed by atoms with E-state index in [1.54, 1.807) is 28.8 Å². The van der Waals surface area contributed by atoms with Crippen LogP contribution < -0.4 is 5.32 Å². The molecule has 0 bridgehead atoms. The van der Waals surface area contributed by atoms with Crippen molar-refractivity contribution in [3.05, 3.63) is 60.2 Å². The minimum Gasteiger partial charge on any atom is -0.493 e. The van der Waals surface area contributed by atoms with Crippen LogP contribution in [0.3, 0.4) is 0 Å². The van der Waals surface area contributed by atoms with E-state index in [2.05, 4.69) is 29.4 Å². The zero-order valence-electron chi connectivity index (χ0n) is 16.5. The largest absolute Gasteiger partial charge is 0.493 e. The molecular weight excluding hydrogens is 368 g/mol. The number of fused-ring (bicyclic) bond motifs is 1. The molecule has 0 fully saturated rings. The summed E-state index contributed by atoms with van der Waals surface area (Å²) in [6.07, 6.45) is 0.0213. The first-order valence-corrected chi connectivity index (χ1v) is 9.55. The number of hydrogen-bond acceptors (Lipinski definition) is 4. The molecule has 150 valence electrons. The molecule has 7 nitrogen and oxygen atoms in total. The van der Waals surface area contributed by atoms with Gasteiger partial charge in [-0.15, -0.1) is 10.2 Å². The van der Waals surface area contributed by atoms with Crippen molar-refractivity contribution in [1.29, 1.82) is 0 Å². The number of hydrogen-bond donors (Lipinski definition) is 2. The lowest BCUT2D eigenvalue weighted by molar-refractivity contribution is -0.118. The van der Waals surface area contributed by atoms with E-state index in [9.17, 15) is 14.7 Å². The third kappa shape index (κ3) is 4.87. The number of azo groups is 1. The molecule has 2 aromatic carbocycles. The van der Waals surface area contributed by atoms with Gasteiger partial charge in [-0.05, 0) is 24.1 Å². The van der Waals surface area contributed by atoms with E-state index in [1.165, 1.54) is 0 Å². The smallest absolute Gasteiger partial charge is 0.266 e. The van der Waals surface area contributed by atoms with Crippen LogP contribution in [0.5, 0.6) is 5.88 Å². The predicted octanol–water partition coefficient (Wildman–Crippen LogP) is 4.43. The van der Waals surface area contributed by atoms with Crippen LogP contribution in [0.4, 0.5) is 5.69 Å². The number of rotatable bonds is 7. The number of para-hydroxylation sites is 1. The van der Waals surface area contributed by atoms with Gasteiger partial charge in [0.25, 0.3) is 11.8 Å². The second kappa shape index (κ2) is 9.14. The van der Waals surface area contributed by atoms with Crippen molar-refractivity contribution in [2.75, 3.05) is 6.54 Å². The Labute approximate surface area is 169 Å². The number of nitrogens with zero attached hydrogens (tertiary/aromatic N) is 3. The lowest BCUT2D eigenvalue weighted by Gasteiger charge is -2.09. The van der Waals surface area contributed by atoms with Gasteiger partial charge < -0.3 is 15.0 Å². The van der Waals surface area contributed by atoms with Crippen molar-refractivity contribution in [3.63, 3.8) is 0 Å². The van der Waals surface area contributed by atoms with Gasteiger partial charge in [0.2, 0.25) is 5.88 Å². The molecule has 0 unspecified atom stereocenters. The lowest BCUT2D eigenvalue weighted by Crippen LogP contribution is -2.25. The lowest BCUT2D eigenvalue weighted by atomic mass is 10.2. The fraction of sp³-hybridized carbons (Fsp3) is 0.273. The Morgan fingerprint density at radius 1 is 1.07 bits per heavy atom. The topological polar surface area (TPSA) is 96.0 Å². The average Bonchev–Trinajstić information content (AvgIpc) is 2.98. The monoisotopic (exact) mass is 392 g/mol. The Morgan fingerprint density at radius 2 is 1.76 bits per heavy atom. The van der Waals surface area contributed by atoms with Crippen LogP contribution in [0.15, 0.2) is 64.8 Å². The van der Waals surface area contributed by atoms with Crippen LogP contribution in [0.25, 0.3) is 10.9 Å². The second-order valence-corrected chi connectivity index (χ2v) is 7.16. The van der Waals surface area contributed by atoms with Crippen LogP contribution in [0.1, 0.15) is 30.6 Å². The number of amides is 2. The molecule has 7 heteroatoms. The van der Waals surface area contributed by atoms with Crippen molar-refractivity contribution in [2.45, 2.75) is 26.8 Å². The number of carbonyl (C=O) groups excluding carboxylic acids is 2. The van der Waals surface area contributed by atoms with E-state index >= 15 is 0 Å². The summed E-state index contributed by atoms with van der Waals surface area (Å²) in [6, 6.07) is 16.3. The summed E-state index contributed by atoms with van der Waals surface area (Å²) in [5.74, 6) is -0.395. The highest BCUT2D eigenvalue weighted by molar-refractivity contribution is 5.95. The number of aromatic hydroxyl groups is 1. The molecule has 0 radical (unpaired) electrons. The molecule has 0 aliphatic carbocycles. The van der Waals surface area contributed by atoms with Gasteiger partial charge in [0.05, 0.1) is 5.52 Å². The van der Waals surface area contributed by atoms with E-state index < -0.39 is 5.91 Å². The first-order chi connectivity index (χ1) is 14.0. The molecule has 0 spiro atoms. The van der Waals surface area contributed by atoms with Gasteiger partial charge in [-0.2, -0.15) is 0 Å². The summed E-state index contributed by atoms with van der Waals surface area (Å²) >= 11 is 0. The fourth-order valence-electron chi connectivity index (χ4n) is 3.05. The van der Waals surface area contributed by atoms with E-state index in [-0.39, 0.29) is 30.4 Å². The fourth-order valence-corrected chi connectivity index (χ4v) is 3.05. The minimum atomic E-state index is -0.474.